The Bertz CT molecular complexity index is 364. The Kier molecular flexibility index (Phi) is 2.22. The molecule has 80 valence electrons. The van der Waals surface area contributed by atoms with E-state index in [1.54, 1.807) is 0 Å². The van der Waals surface area contributed by atoms with Crippen molar-refractivity contribution in [3.8, 4) is 0 Å². The maximum atomic E-state index is 9.97. The zero-order chi connectivity index (χ0) is 10.4. The summed E-state index contributed by atoms with van der Waals surface area (Å²) in [6.45, 7) is 0. The zero-order valence-corrected chi connectivity index (χ0v) is 9.19. The van der Waals surface area contributed by atoms with Crippen molar-refractivity contribution in [1.82, 2.24) is 4.98 Å². The van der Waals surface area contributed by atoms with Gasteiger partial charge in [-0.3, -0.25) is 0 Å². The molecular formula is C12H14ClNO. The molecule has 2 fully saturated rings. The van der Waals surface area contributed by atoms with Crippen molar-refractivity contribution in [2.24, 2.45) is 11.8 Å². The molecule has 15 heavy (non-hydrogen) atoms. The van der Waals surface area contributed by atoms with E-state index in [0.717, 1.165) is 6.42 Å². The van der Waals surface area contributed by atoms with Crippen molar-refractivity contribution in [1.29, 1.82) is 0 Å². The van der Waals surface area contributed by atoms with E-state index in [1.165, 1.54) is 18.4 Å². The van der Waals surface area contributed by atoms with Crippen LogP contribution in [-0.2, 0) is 0 Å². The maximum Gasteiger partial charge on any atom is 0.129 e. The fraction of sp³-hybridized carbons (Fsp3) is 0.583. The summed E-state index contributed by atoms with van der Waals surface area (Å²) in [7, 11) is 0. The Morgan fingerprint density at radius 1 is 1.33 bits per heavy atom. The topological polar surface area (TPSA) is 33.1 Å². The smallest absolute Gasteiger partial charge is 0.129 e. The minimum atomic E-state index is -0.0781. The molecule has 0 aliphatic heterocycles. The lowest BCUT2D eigenvalue weighted by molar-refractivity contribution is 0.126. The average Bonchev–Trinajstić information content (AvgIpc) is 2.75. The van der Waals surface area contributed by atoms with Crippen LogP contribution in [0.4, 0.5) is 0 Å². The molecule has 1 N–H and O–H groups in total. The first-order valence-corrected chi connectivity index (χ1v) is 5.93. The van der Waals surface area contributed by atoms with Crippen LogP contribution in [0.2, 0.25) is 5.15 Å². The predicted octanol–water partition coefficient (Wildman–Crippen LogP) is 2.61. The van der Waals surface area contributed by atoms with Crippen LogP contribution < -0.4 is 0 Å². The van der Waals surface area contributed by atoms with Gasteiger partial charge >= 0.3 is 0 Å². The molecule has 1 heterocycles. The lowest BCUT2D eigenvalue weighted by atomic mass is 9.84. The number of nitrogens with zero attached hydrogens (tertiary/aromatic N) is 1. The molecule has 0 radical (unpaired) electrons. The first-order chi connectivity index (χ1) is 7.25. The number of hydrogen-bond acceptors (Lipinski definition) is 2. The van der Waals surface area contributed by atoms with Gasteiger partial charge in [-0.05, 0) is 48.6 Å². The van der Waals surface area contributed by atoms with Crippen molar-refractivity contribution >= 4 is 11.6 Å². The SMILES string of the molecule is OC1C2CCC1C(c1ccc(Cl)nc1)C2. The molecule has 2 bridgehead atoms. The molecule has 2 nitrogen and oxygen atoms in total. The van der Waals surface area contributed by atoms with Crippen LogP contribution in [0.15, 0.2) is 18.3 Å². The van der Waals surface area contributed by atoms with Crippen LogP contribution in [0.5, 0.6) is 0 Å². The monoisotopic (exact) mass is 223 g/mol. The minimum Gasteiger partial charge on any atom is -0.393 e. The van der Waals surface area contributed by atoms with Crippen molar-refractivity contribution in [2.75, 3.05) is 0 Å². The molecular weight excluding hydrogens is 210 g/mol. The lowest BCUT2D eigenvalue weighted by Gasteiger charge is -2.21. The van der Waals surface area contributed by atoms with E-state index in [9.17, 15) is 5.11 Å². The summed E-state index contributed by atoms with van der Waals surface area (Å²) in [6.07, 6.45) is 5.27. The van der Waals surface area contributed by atoms with Gasteiger partial charge in [0, 0.05) is 6.20 Å². The summed E-state index contributed by atoms with van der Waals surface area (Å²) in [5.74, 6) is 1.48. The first kappa shape index (κ1) is 9.61. The third-order valence-corrected chi connectivity index (χ3v) is 4.27. The van der Waals surface area contributed by atoms with E-state index < -0.39 is 0 Å². The van der Waals surface area contributed by atoms with Gasteiger partial charge < -0.3 is 5.11 Å². The Balaban J connectivity index is 1.87. The number of pyridine rings is 1. The number of rotatable bonds is 1. The summed E-state index contributed by atoms with van der Waals surface area (Å²) < 4.78 is 0. The van der Waals surface area contributed by atoms with Crippen LogP contribution in [0, 0.1) is 11.8 Å². The van der Waals surface area contributed by atoms with Crippen LogP contribution in [-0.4, -0.2) is 16.2 Å². The summed E-state index contributed by atoms with van der Waals surface area (Å²) in [4.78, 5) is 4.12. The van der Waals surface area contributed by atoms with Crippen molar-refractivity contribution in [3.63, 3.8) is 0 Å². The van der Waals surface area contributed by atoms with Crippen molar-refractivity contribution < 1.29 is 5.11 Å². The molecule has 4 unspecified atom stereocenters. The Hall–Kier alpha value is -0.600. The number of aliphatic hydroxyl groups excluding tert-OH is 1. The minimum absolute atomic E-state index is 0.0781. The quantitative estimate of drug-likeness (QED) is 0.743. The summed E-state index contributed by atoms with van der Waals surface area (Å²) in [6, 6.07) is 3.89. The van der Waals surface area contributed by atoms with Gasteiger partial charge in [0.25, 0.3) is 0 Å². The summed E-state index contributed by atoms with van der Waals surface area (Å²) in [5.41, 5.74) is 1.24. The van der Waals surface area contributed by atoms with Gasteiger partial charge in [-0.1, -0.05) is 17.7 Å². The molecule has 4 atom stereocenters. The van der Waals surface area contributed by atoms with Gasteiger partial charge in [-0.15, -0.1) is 0 Å². The third kappa shape index (κ3) is 1.47. The second-order valence-corrected chi connectivity index (χ2v) is 5.14. The van der Waals surface area contributed by atoms with E-state index in [1.807, 2.05) is 18.3 Å². The number of aliphatic hydroxyl groups is 1. The normalized spacial score (nSPS) is 38.5. The molecule has 2 saturated carbocycles. The highest BCUT2D eigenvalue weighted by Crippen LogP contribution is 2.52. The number of hydrogen-bond donors (Lipinski definition) is 1. The van der Waals surface area contributed by atoms with E-state index in [0.29, 0.717) is 22.9 Å². The van der Waals surface area contributed by atoms with E-state index in [-0.39, 0.29) is 6.10 Å². The number of fused-ring (bicyclic) bond motifs is 2. The highest BCUT2D eigenvalue weighted by Gasteiger charge is 2.47. The fourth-order valence-corrected chi connectivity index (χ4v) is 3.40. The Morgan fingerprint density at radius 2 is 2.20 bits per heavy atom. The number of aromatic nitrogens is 1. The van der Waals surface area contributed by atoms with E-state index in [4.69, 9.17) is 11.6 Å². The molecule has 0 aromatic carbocycles. The van der Waals surface area contributed by atoms with Gasteiger partial charge in [0.05, 0.1) is 6.10 Å². The molecule has 3 rings (SSSR count). The van der Waals surface area contributed by atoms with Crippen molar-refractivity contribution in [3.05, 3.63) is 29.0 Å². The van der Waals surface area contributed by atoms with Crippen LogP contribution in [0.25, 0.3) is 0 Å². The summed E-state index contributed by atoms with van der Waals surface area (Å²) in [5, 5.41) is 10.5. The molecule has 2 aliphatic rings. The zero-order valence-electron chi connectivity index (χ0n) is 8.44. The molecule has 2 aliphatic carbocycles. The van der Waals surface area contributed by atoms with Gasteiger partial charge in [0.1, 0.15) is 5.15 Å². The number of halogens is 1. The van der Waals surface area contributed by atoms with Gasteiger partial charge in [0.2, 0.25) is 0 Å². The lowest BCUT2D eigenvalue weighted by Crippen LogP contribution is -2.14. The molecule has 0 spiro atoms. The highest BCUT2D eigenvalue weighted by molar-refractivity contribution is 6.29. The molecule has 0 amide bonds. The summed E-state index contributed by atoms with van der Waals surface area (Å²) >= 11 is 5.77. The average molecular weight is 224 g/mol. The van der Waals surface area contributed by atoms with Gasteiger partial charge in [-0.25, -0.2) is 4.98 Å². The molecule has 0 saturated heterocycles. The van der Waals surface area contributed by atoms with Gasteiger partial charge in [-0.2, -0.15) is 0 Å². The van der Waals surface area contributed by atoms with Crippen LogP contribution in [0.1, 0.15) is 30.7 Å². The van der Waals surface area contributed by atoms with E-state index >= 15 is 0 Å². The molecule has 1 aromatic heterocycles. The van der Waals surface area contributed by atoms with Crippen molar-refractivity contribution in [2.45, 2.75) is 31.3 Å². The Morgan fingerprint density at radius 3 is 2.73 bits per heavy atom. The van der Waals surface area contributed by atoms with Crippen LogP contribution in [0.3, 0.4) is 0 Å². The largest absolute Gasteiger partial charge is 0.393 e. The second kappa shape index (κ2) is 3.46. The molecule has 1 aromatic rings. The second-order valence-electron chi connectivity index (χ2n) is 4.75. The fourth-order valence-electron chi connectivity index (χ4n) is 3.28. The third-order valence-electron chi connectivity index (χ3n) is 4.04. The Labute approximate surface area is 94.3 Å². The highest BCUT2D eigenvalue weighted by atomic mass is 35.5. The maximum absolute atomic E-state index is 9.97. The van der Waals surface area contributed by atoms with Gasteiger partial charge in [0.15, 0.2) is 0 Å². The van der Waals surface area contributed by atoms with Crippen LogP contribution >= 0.6 is 11.6 Å². The predicted molar refractivity (Wildman–Crippen MR) is 58.8 cm³/mol. The first-order valence-electron chi connectivity index (χ1n) is 5.55. The molecule has 3 heteroatoms. The standard InChI is InChI=1S/C12H14ClNO/c13-11-4-2-8(6-14-11)10-5-7-1-3-9(10)12(7)15/h2,4,6-7,9-10,12,15H,1,3,5H2. The van der Waals surface area contributed by atoms with E-state index in [2.05, 4.69) is 4.98 Å².